The highest BCUT2D eigenvalue weighted by Gasteiger charge is 2.48. The molecule has 0 amide bonds. The van der Waals surface area contributed by atoms with Gasteiger partial charge in [0.25, 0.3) is 0 Å². The van der Waals surface area contributed by atoms with Gasteiger partial charge < -0.3 is 10.4 Å². The third kappa shape index (κ3) is 1.40. The van der Waals surface area contributed by atoms with Crippen LogP contribution in [0.15, 0.2) is 30.3 Å². The molecule has 2 heteroatoms. The summed E-state index contributed by atoms with van der Waals surface area (Å²) < 4.78 is 0. The molecule has 2 heterocycles. The van der Waals surface area contributed by atoms with Gasteiger partial charge in [0.2, 0.25) is 0 Å². The third-order valence-corrected chi connectivity index (χ3v) is 4.42. The number of fused-ring (bicyclic) bond motifs is 2. The van der Waals surface area contributed by atoms with E-state index in [4.69, 9.17) is 0 Å². The zero-order chi connectivity index (χ0) is 11.0. The molecule has 0 radical (unpaired) electrons. The first-order chi connectivity index (χ1) is 7.85. The molecule has 0 aliphatic carbocycles. The maximum absolute atomic E-state index is 9.60. The minimum absolute atomic E-state index is 0.0545. The first-order valence-corrected chi connectivity index (χ1v) is 6.29. The zero-order valence-corrected chi connectivity index (χ0v) is 9.52. The van der Waals surface area contributed by atoms with Crippen LogP contribution in [0.3, 0.4) is 0 Å². The summed E-state index contributed by atoms with van der Waals surface area (Å²) in [5, 5.41) is 13.4. The van der Waals surface area contributed by atoms with Crippen LogP contribution in [0, 0.1) is 5.92 Å². The van der Waals surface area contributed by atoms with E-state index in [1.807, 2.05) is 0 Å². The summed E-state index contributed by atoms with van der Waals surface area (Å²) in [6.45, 7) is 0.300. The van der Waals surface area contributed by atoms with Crippen molar-refractivity contribution in [1.29, 1.82) is 0 Å². The van der Waals surface area contributed by atoms with Crippen LogP contribution in [0.5, 0.6) is 0 Å². The molecule has 3 atom stereocenters. The number of aliphatic hydroxyl groups excluding tert-OH is 1. The van der Waals surface area contributed by atoms with Crippen molar-refractivity contribution in [2.45, 2.75) is 37.3 Å². The van der Waals surface area contributed by atoms with Gasteiger partial charge in [-0.05, 0) is 31.2 Å². The Kier molecular flexibility index (Phi) is 2.49. The standard InChI is InChI=1S/C14H19NO/c16-10-12-6-7-13-8-9-14(12,15-13)11-4-2-1-3-5-11/h1-5,12-13,15-16H,6-10H2. The summed E-state index contributed by atoms with van der Waals surface area (Å²) in [6.07, 6.45) is 4.81. The van der Waals surface area contributed by atoms with Crippen LogP contribution in [0.1, 0.15) is 31.2 Å². The van der Waals surface area contributed by atoms with Crippen LogP contribution in [0.2, 0.25) is 0 Å². The van der Waals surface area contributed by atoms with Crippen LogP contribution in [0.4, 0.5) is 0 Å². The van der Waals surface area contributed by atoms with Gasteiger partial charge in [0.05, 0.1) is 0 Å². The average molecular weight is 217 g/mol. The number of hydrogen-bond acceptors (Lipinski definition) is 2. The van der Waals surface area contributed by atoms with Crippen molar-refractivity contribution in [2.24, 2.45) is 5.92 Å². The van der Waals surface area contributed by atoms with Crippen molar-refractivity contribution in [1.82, 2.24) is 5.32 Å². The monoisotopic (exact) mass is 217 g/mol. The first-order valence-electron chi connectivity index (χ1n) is 6.29. The van der Waals surface area contributed by atoms with E-state index in [1.54, 1.807) is 0 Å². The SMILES string of the molecule is OCC1CCC2CCC1(c1ccccc1)N2. The Hall–Kier alpha value is -0.860. The molecule has 3 rings (SSSR count). The molecule has 2 aliphatic rings. The van der Waals surface area contributed by atoms with E-state index in [0.29, 0.717) is 18.6 Å². The van der Waals surface area contributed by atoms with E-state index in [9.17, 15) is 5.11 Å². The molecule has 2 aliphatic heterocycles. The summed E-state index contributed by atoms with van der Waals surface area (Å²) in [7, 11) is 0. The van der Waals surface area contributed by atoms with Crippen molar-refractivity contribution in [3.8, 4) is 0 Å². The predicted molar refractivity (Wildman–Crippen MR) is 64.1 cm³/mol. The van der Waals surface area contributed by atoms with Crippen molar-refractivity contribution in [3.05, 3.63) is 35.9 Å². The lowest BCUT2D eigenvalue weighted by Crippen LogP contribution is -2.51. The van der Waals surface area contributed by atoms with Gasteiger partial charge in [-0.3, -0.25) is 0 Å². The number of piperidine rings is 1. The molecule has 0 saturated carbocycles. The van der Waals surface area contributed by atoms with E-state index < -0.39 is 0 Å². The Balaban J connectivity index is 2.01. The maximum Gasteiger partial charge on any atom is 0.0487 e. The molecule has 0 spiro atoms. The van der Waals surface area contributed by atoms with Crippen LogP contribution in [-0.2, 0) is 5.54 Å². The lowest BCUT2D eigenvalue weighted by molar-refractivity contribution is 0.0996. The maximum atomic E-state index is 9.60. The summed E-state index contributed by atoms with van der Waals surface area (Å²) in [6, 6.07) is 11.3. The number of benzene rings is 1. The quantitative estimate of drug-likeness (QED) is 0.794. The van der Waals surface area contributed by atoms with Crippen LogP contribution >= 0.6 is 0 Å². The minimum Gasteiger partial charge on any atom is -0.396 e. The highest BCUT2D eigenvalue weighted by molar-refractivity contribution is 5.28. The molecule has 3 unspecified atom stereocenters. The topological polar surface area (TPSA) is 32.3 Å². The molecule has 2 nitrogen and oxygen atoms in total. The number of rotatable bonds is 2. The van der Waals surface area contributed by atoms with Gasteiger partial charge in [0, 0.05) is 24.1 Å². The lowest BCUT2D eigenvalue weighted by atomic mass is 9.74. The van der Waals surface area contributed by atoms with Gasteiger partial charge in [-0.2, -0.15) is 0 Å². The summed E-state index contributed by atoms with van der Waals surface area (Å²) in [4.78, 5) is 0. The van der Waals surface area contributed by atoms with Gasteiger partial charge >= 0.3 is 0 Å². The normalized spacial score (nSPS) is 37.6. The Morgan fingerprint density at radius 2 is 2.00 bits per heavy atom. The molecule has 1 aromatic rings. The Morgan fingerprint density at radius 3 is 2.75 bits per heavy atom. The Bertz CT molecular complexity index is 364. The molecular formula is C14H19NO. The van der Waals surface area contributed by atoms with Crippen LogP contribution in [0.25, 0.3) is 0 Å². The van der Waals surface area contributed by atoms with E-state index in [-0.39, 0.29) is 5.54 Å². The third-order valence-electron chi connectivity index (χ3n) is 4.42. The van der Waals surface area contributed by atoms with E-state index in [0.717, 1.165) is 6.42 Å². The molecule has 2 saturated heterocycles. The zero-order valence-electron chi connectivity index (χ0n) is 9.52. The van der Waals surface area contributed by atoms with Crippen molar-refractivity contribution >= 4 is 0 Å². The van der Waals surface area contributed by atoms with E-state index >= 15 is 0 Å². The van der Waals surface area contributed by atoms with Gasteiger partial charge in [-0.25, -0.2) is 0 Å². The van der Waals surface area contributed by atoms with Crippen molar-refractivity contribution in [3.63, 3.8) is 0 Å². The highest BCUT2D eigenvalue weighted by atomic mass is 16.3. The van der Waals surface area contributed by atoms with Gasteiger partial charge in [-0.1, -0.05) is 30.3 Å². The van der Waals surface area contributed by atoms with Crippen molar-refractivity contribution in [2.75, 3.05) is 6.61 Å². The second kappa shape index (κ2) is 3.86. The second-order valence-electron chi connectivity index (χ2n) is 5.17. The predicted octanol–water partition coefficient (Wildman–Crippen LogP) is 2.04. The largest absolute Gasteiger partial charge is 0.396 e. The fourth-order valence-corrected chi connectivity index (χ4v) is 3.54. The Labute approximate surface area is 96.7 Å². The molecule has 86 valence electrons. The van der Waals surface area contributed by atoms with Gasteiger partial charge in [0.1, 0.15) is 0 Å². The summed E-state index contributed by atoms with van der Waals surface area (Å²) in [5.74, 6) is 0.383. The van der Waals surface area contributed by atoms with Gasteiger partial charge in [0.15, 0.2) is 0 Å². The number of hydrogen-bond donors (Lipinski definition) is 2. The second-order valence-corrected chi connectivity index (χ2v) is 5.17. The van der Waals surface area contributed by atoms with E-state index in [2.05, 4.69) is 35.6 Å². The fraction of sp³-hybridized carbons (Fsp3) is 0.571. The Morgan fingerprint density at radius 1 is 1.19 bits per heavy atom. The first kappa shape index (κ1) is 10.3. The molecule has 0 aromatic heterocycles. The molecule has 1 aromatic carbocycles. The van der Waals surface area contributed by atoms with Crippen molar-refractivity contribution < 1.29 is 5.11 Å². The molecule has 2 N–H and O–H groups in total. The molecule has 2 fully saturated rings. The minimum atomic E-state index is 0.0545. The van der Waals surface area contributed by atoms with Crippen LogP contribution in [-0.4, -0.2) is 17.8 Å². The van der Waals surface area contributed by atoms with Gasteiger partial charge in [-0.15, -0.1) is 0 Å². The highest BCUT2D eigenvalue weighted by Crippen LogP contribution is 2.46. The lowest BCUT2D eigenvalue weighted by Gasteiger charge is -2.42. The smallest absolute Gasteiger partial charge is 0.0487 e. The fourth-order valence-electron chi connectivity index (χ4n) is 3.54. The average Bonchev–Trinajstić information content (AvgIpc) is 2.70. The molecule has 2 bridgehead atoms. The molecule has 16 heavy (non-hydrogen) atoms. The summed E-state index contributed by atoms with van der Waals surface area (Å²) >= 11 is 0. The van der Waals surface area contributed by atoms with Crippen LogP contribution < -0.4 is 5.32 Å². The van der Waals surface area contributed by atoms with E-state index in [1.165, 1.54) is 24.8 Å². The number of aliphatic hydroxyl groups is 1. The molecular weight excluding hydrogens is 198 g/mol. The summed E-state index contributed by atoms with van der Waals surface area (Å²) in [5.41, 5.74) is 1.41. The number of nitrogens with one attached hydrogen (secondary N) is 1.